The van der Waals surface area contributed by atoms with E-state index in [1.165, 1.54) is 10.4 Å². The lowest BCUT2D eigenvalue weighted by Crippen LogP contribution is -2.39. The minimum Gasteiger partial charge on any atom is -0.497 e. The number of ether oxygens (including phenoxy) is 1. The standard InChI is InChI=1S/C19H26N4OS/c1-4-17-11-21-18(25-17)12-22-19(20-2)23-10-9-15(13-23)14-5-7-16(24-3)8-6-14/h5-8,11,15H,4,9-10,12-13H2,1-3H3,(H,20,22). The Bertz CT molecular complexity index is 710. The van der Waals surface area contributed by atoms with Crippen molar-refractivity contribution in [1.82, 2.24) is 15.2 Å². The fourth-order valence-electron chi connectivity index (χ4n) is 3.18. The van der Waals surface area contributed by atoms with Crippen LogP contribution in [0.4, 0.5) is 0 Å². The zero-order chi connectivity index (χ0) is 17.6. The van der Waals surface area contributed by atoms with Gasteiger partial charge in [-0.15, -0.1) is 11.3 Å². The van der Waals surface area contributed by atoms with E-state index in [2.05, 4.69) is 39.2 Å². The van der Waals surface area contributed by atoms with Crippen molar-refractivity contribution < 1.29 is 4.74 Å². The van der Waals surface area contributed by atoms with Gasteiger partial charge in [-0.25, -0.2) is 4.98 Å². The summed E-state index contributed by atoms with van der Waals surface area (Å²) in [4.78, 5) is 12.6. The van der Waals surface area contributed by atoms with Crippen LogP contribution in [0.5, 0.6) is 5.75 Å². The fraction of sp³-hybridized carbons (Fsp3) is 0.474. The lowest BCUT2D eigenvalue weighted by Gasteiger charge is -2.21. The molecule has 5 nitrogen and oxygen atoms in total. The molecule has 0 amide bonds. The summed E-state index contributed by atoms with van der Waals surface area (Å²) in [6.07, 6.45) is 4.16. The van der Waals surface area contributed by atoms with E-state index >= 15 is 0 Å². The van der Waals surface area contributed by atoms with Crippen LogP contribution in [0, 0.1) is 0 Å². The summed E-state index contributed by atoms with van der Waals surface area (Å²) in [6, 6.07) is 8.42. The van der Waals surface area contributed by atoms with Gasteiger partial charge in [-0.1, -0.05) is 19.1 Å². The van der Waals surface area contributed by atoms with Gasteiger partial charge in [0.2, 0.25) is 0 Å². The highest BCUT2D eigenvalue weighted by Gasteiger charge is 2.26. The van der Waals surface area contributed by atoms with E-state index < -0.39 is 0 Å². The number of aliphatic imine (C=N–C) groups is 1. The zero-order valence-corrected chi connectivity index (χ0v) is 16.0. The number of hydrogen-bond donors (Lipinski definition) is 1. The summed E-state index contributed by atoms with van der Waals surface area (Å²) >= 11 is 1.77. The van der Waals surface area contributed by atoms with Crippen LogP contribution in [0.2, 0.25) is 0 Å². The summed E-state index contributed by atoms with van der Waals surface area (Å²) in [5, 5.41) is 4.57. The van der Waals surface area contributed by atoms with Crippen LogP contribution in [0.3, 0.4) is 0 Å². The van der Waals surface area contributed by atoms with E-state index in [0.29, 0.717) is 5.92 Å². The first kappa shape index (κ1) is 17.7. The van der Waals surface area contributed by atoms with Crippen molar-refractivity contribution in [3.8, 4) is 5.75 Å². The van der Waals surface area contributed by atoms with E-state index in [-0.39, 0.29) is 0 Å². The molecule has 1 aromatic carbocycles. The normalized spacial score (nSPS) is 17.8. The van der Waals surface area contributed by atoms with E-state index in [1.807, 2.05) is 25.4 Å². The smallest absolute Gasteiger partial charge is 0.194 e. The highest BCUT2D eigenvalue weighted by atomic mass is 32.1. The molecular weight excluding hydrogens is 332 g/mol. The monoisotopic (exact) mass is 358 g/mol. The molecule has 6 heteroatoms. The van der Waals surface area contributed by atoms with Gasteiger partial charge in [-0.05, 0) is 30.5 Å². The van der Waals surface area contributed by atoms with Crippen LogP contribution in [-0.2, 0) is 13.0 Å². The second-order valence-corrected chi connectivity index (χ2v) is 7.38. The molecule has 0 spiro atoms. The van der Waals surface area contributed by atoms with Gasteiger partial charge in [0.25, 0.3) is 0 Å². The first-order chi connectivity index (χ1) is 12.2. The molecule has 3 rings (SSSR count). The van der Waals surface area contributed by atoms with Gasteiger partial charge >= 0.3 is 0 Å². The molecule has 1 aliphatic heterocycles. The highest BCUT2D eigenvalue weighted by Crippen LogP contribution is 2.28. The molecule has 1 fully saturated rings. The molecule has 1 saturated heterocycles. The molecule has 1 atom stereocenters. The van der Waals surface area contributed by atoms with Crippen molar-refractivity contribution >= 4 is 17.3 Å². The molecule has 0 saturated carbocycles. The maximum Gasteiger partial charge on any atom is 0.194 e. The van der Waals surface area contributed by atoms with Gasteiger partial charge in [0.1, 0.15) is 10.8 Å². The lowest BCUT2D eigenvalue weighted by atomic mass is 9.98. The Labute approximate surface area is 153 Å². The number of methoxy groups -OCH3 is 1. The van der Waals surface area contributed by atoms with Gasteiger partial charge < -0.3 is 15.0 Å². The number of aromatic nitrogens is 1. The molecule has 0 radical (unpaired) electrons. The average Bonchev–Trinajstić information content (AvgIpc) is 3.32. The molecule has 0 bridgehead atoms. The van der Waals surface area contributed by atoms with Crippen LogP contribution in [0.1, 0.15) is 34.7 Å². The van der Waals surface area contributed by atoms with Crippen molar-refractivity contribution in [1.29, 1.82) is 0 Å². The SMILES string of the molecule is CCc1cnc(CNC(=NC)N2CCC(c3ccc(OC)cc3)C2)s1. The van der Waals surface area contributed by atoms with Crippen LogP contribution >= 0.6 is 11.3 Å². The third-order valence-corrected chi connectivity index (χ3v) is 5.78. The Morgan fingerprint density at radius 3 is 2.84 bits per heavy atom. The Kier molecular flexibility index (Phi) is 5.91. The molecule has 1 N–H and O–H groups in total. The third-order valence-electron chi connectivity index (χ3n) is 4.63. The number of hydrogen-bond acceptors (Lipinski definition) is 4. The second kappa shape index (κ2) is 8.34. The first-order valence-electron chi connectivity index (χ1n) is 8.76. The molecule has 2 aromatic rings. The van der Waals surface area contributed by atoms with E-state index in [4.69, 9.17) is 4.74 Å². The van der Waals surface area contributed by atoms with Crippen molar-refractivity contribution in [3.05, 3.63) is 45.9 Å². The number of nitrogens with zero attached hydrogens (tertiary/aromatic N) is 3. The van der Waals surface area contributed by atoms with Gasteiger partial charge in [0.15, 0.2) is 5.96 Å². The molecular formula is C19H26N4OS. The summed E-state index contributed by atoms with van der Waals surface area (Å²) in [5.74, 6) is 2.41. The number of benzene rings is 1. The number of rotatable bonds is 5. The Morgan fingerprint density at radius 2 is 2.20 bits per heavy atom. The molecule has 1 aliphatic rings. The molecule has 0 aliphatic carbocycles. The Balaban J connectivity index is 1.57. The van der Waals surface area contributed by atoms with Gasteiger partial charge in [0, 0.05) is 37.1 Å². The molecule has 2 heterocycles. The fourth-order valence-corrected chi connectivity index (χ4v) is 3.98. The number of nitrogens with one attached hydrogen (secondary N) is 1. The van der Waals surface area contributed by atoms with Crippen LogP contribution in [0.25, 0.3) is 0 Å². The highest BCUT2D eigenvalue weighted by molar-refractivity contribution is 7.11. The molecule has 134 valence electrons. The van der Waals surface area contributed by atoms with Gasteiger partial charge in [-0.2, -0.15) is 0 Å². The summed E-state index contributed by atoms with van der Waals surface area (Å²) in [5.41, 5.74) is 1.37. The summed E-state index contributed by atoms with van der Waals surface area (Å²) in [6.45, 7) is 4.91. The van der Waals surface area contributed by atoms with Crippen molar-refractivity contribution in [2.24, 2.45) is 4.99 Å². The maximum atomic E-state index is 5.25. The number of thiazole rings is 1. The topological polar surface area (TPSA) is 49.8 Å². The van der Waals surface area contributed by atoms with Crippen molar-refractivity contribution in [3.63, 3.8) is 0 Å². The first-order valence-corrected chi connectivity index (χ1v) is 9.58. The Morgan fingerprint density at radius 1 is 1.40 bits per heavy atom. The van der Waals surface area contributed by atoms with E-state index in [1.54, 1.807) is 18.4 Å². The van der Waals surface area contributed by atoms with E-state index in [9.17, 15) is 0 Å². The summed E-state index contributed by atoms with van der Waals surface area (Å²) < 4.78 is 5.25. The summed E-state index contributed by atoms with van der Waals surface area (Å²) in [7, 11) is 3.55. The predicted octanol–water partition coefficient (Wildman–Crippen LogP) is 3.28. The minimum absolute atomic E-state index is 0.538. The number of likely N-dealkylation sites (tertiary alicyclic amines) is 1. The molecule has 1 aromatic heterocycles. The van der Waals surface area contributed by atoms with Crippen molar-refractivity contribution in [2.75, 3.05) is 27.2 Å². The van der Waals surface area contributed by atoms with Crippen LogP contribution in [-0.4, -0.2) is 43.1 Å². The van der Waals surface area contributed by atoms with Crippen LogP contribution in [0.15, 0.2) is 35.5 Å². The van der Waals surface area contributed by atoms with Gasteiger partial charge in [-0.3, -0.25) is 4.99 Å². The largest absolute Gasteiger partial charge is 0.497 e. The lowest BCUT2D eigenvalue weighted by molar-refractivity contribution is 0.414. The number of guanidine groups is 1. The molecule has 1 unspecified atom stereocenters. The third kappa shape index (κ3) is 4.31. The average molecular weight is 359 g/mol. The Hall–Kier alpha value is -2.08. The zero-order valence-electron chi connectivity index (χ0n) is 15.2. The van der Waals surface area contributed by atoms with Crippen molar-refractivity contribution in [2.45, 2.75) is 32.2 Å². The second-order valence-electron chi connectivity index (χ2n) is 6.18. The minimum atomic E-state index is 0.538. The van der Waals surface area contributed by atoms with Crippen LogP contribution < -0.4 is 10.1 Å². The van der Waals surface area contributed by atoms with E-state index in [0.717, 1.165) is 49.2 Å². The molecule has 25 heavy (non-hydrogen) atoms. The van der Waals surface area contributed by atoms with Gasteiger partial charge in [0.05, 0.1) is 13.7 Å². The number of aryl methyl sites for hydroxylation is 1. The quantitative estimate of drug-likeness (QED) is 0.658. The maximum absolute atomic E-state index is 5.25. The predicted molar refractivity (Wildman–Crippen MR) is 104 cm³/mol.